The summed E-state index contributed by atoms with van der Waals surface area (Å²) in [4.78, 5) is 20.5. The number of rotatable bonds is 2. The number of nitrogens with zero attached hydrogens (tertiary/aromatic N) is 1. The molecule has 0 atom stereocenters. The van der Waals surface area contributed by atoms with E-state index in [0.29, 0.717) is 9.39 Å². The van der Waals surface area contributed by atoms with Crippen LogP contribution in [0.1, 0.15) is 0 Å². The van der Waals surface area contributed by atoms with E-state index in [1.807, 2.05) is 65.1 Å². The molecule has 0 aliphatic carbocycles. The molecule has 3 aromatic rings. The lowest BCUT2D eigenvalue weighted by atomic mass is 10.1. The molecule has 20 heavy (non-hydrogen) atoms. The maximum Gasteiger partial charge on any atom is 0.265 e. The molecule has 0 saturated carbocycles. The van der Waals surface area contributed by atoms with E-state index in [0.717, 1.165) is 19.9 Å². The second kappa shape index (κ2) is 5.79. The van der Waals surface area contributed by atoms with Crippen molar-refractivity contribution in [2.75, 3.05) is 0 Å². The highest BCUT2D eigenvalue weighted by atomic mass is 127. The summed E-state index contributed by atoms with van der Waals surface area (Å²) < 4.78 is 1.61. The highest BCUT2D eigenvalue weighted by molar-refractivity contribution is 14.1. The van der Waals surface area contributed by atoms with Gasteiger partial charge >= 0.3 is 0 Å². The Morgan fingerprint density at radius 2 is 1.90 bits per heavy atom. The smallest absolute Gasteiger partial charge is 0.265 e. The standard InChI is InChI=1S/C14H8BrIN2OS/c15-10-7-6-9(20-10)13-17-12(11(16)14(19)18-13)8-4-2-1-3-5-8/h1-7H,(H,17,18,19). The molecule has 1 aromatic carbocycles. The molecule has 0 bridgehead atoms. The Morgan fingerprint density at radius 1 is 1.15 bits per heavy atom. The van der Waals surface area contributed by atoms with Crippen molar-refractivity contribution < 1.29 is 0 Å². The number of thiophene rings is 1. The fraction of sp³-hybridized carbons (Fsp3) is 0. The third-order valence-electron chi connectivity index (χ3n) is 2.72. The highest BCUT2D eigenvalue weighted by Gasteiger charge is 2.13. The summed E-state index contributed by atoms with van der Waals surface area (Å²) in [5, 5.41) is 0. The van der Waals surface area contributed by atoms with Crippen LogP contribution in [-0.4, -0.2) is 9.97 Å². The Balaban J connectivity index is 2.21. The first kappa shape index (κ1) is 14.0. The minimum atomic E-state index is -0.112. The van der Waals surface area contributed by atoms with Gasteiger partial charge in [0.2, 0.25) is 0 Å². The van der Waals surface area contributed by atoms with E-state index < -0.39 is 0 Å². The van der Waals surface area contributed by atoms with Crippen LogP contribution in [0.5, 0.6) is 0 Å². The van der Waals surface area contributed by atoms with Gasteiger partial charge in [0, 0.05) is 5.56 Å². The molecule has 0 amide bonds. The quantitative estimate of drug-likeness (QED) is 0.573. The summed E-state index contributed by atoms with van der Waals surface area (Å²) in [6.07, 6.45) is 0. The zero-order chi connectivity index (χ0) is 14.1. The second-order valence-electron chi connectivity index (χ2n) is 4.05. The van der Waals surface area contributed by atoms with E-state index in [-0.39, 0.29) is 5.56 Å². The van der Waals surface area contributed by atoms with Crippen LogP contribution in [0.2, 0.25) is 0 Å². The SMILES string of the molecule is O=c1[nH]c(-c2ccc(Br)s2)nc(-c2ccccc2)c1I. The van der Waals surface area contributed by atoms with Gasteiger partial charge in [-0.2, -0.15) is 0 Å². The van der Waals surface area contributed by atoms with Crippen molar-refractivity contribution in [3.05, 3.63) is 60.2 Å². The Kier molecular flexibility index (Phi) is 4.04. The summed E-state index contributed by atoms with van der Waals surface area (Å²) in [6.45, 7) is 0. The van der Waals surface area contributed by atoms with Crippen molar-refractivity contribution in [3.8, 4) is 22.0 Å². The second-order valence-corrected chi connectivity index (χ2v) is 7.59. The molecule has 3 rings (SSSR count). The molecule has 6 heteroatoms. The van der Waals surface area contributed by atoms with E-state index in [1.165, 1.54) is 0 Å². The Bertz CT molecular complexity index is 814. The van der Waals surface area contributed by atoms with Crippen molar-refractivity contribution >= 4 is 49.9 Å². The van der Waals surface area contributed by atoms with Gasteiger partial charge in [-0.05, 0) is 50.7 Å². The molecule has 0 aliphatic rings. The van der Waals surface area contributed by atoms with Crippen molar-refractivity contribution in [2.45, 2.75) is 0 Å². The van der Waals surface area contributed by atoms with Gasteiger partial charge in [0.05, 0.1) is 14.4 Å². The average molecular weight is 459 g/mol. The van der Waals surface area contributed by atoms with E-state index in [4.69, 9.17) is 0 Å². The predicted molar refractivity (Wildman–Crippen MR) is 94.0 cm³/mol. The number of nitrogens with one attached hydrogen (secondary N) is 1. The largest absolute Gasteiger partial charge is 0.305 e. The monoisotopic (exact) mass is 458 g/mol. The van der Waals surface area contributed by atoms with Crippen molar-refractivity contribution in [1.29, 1.82) is 0 Å². The summed E-state index contributed by atoms with van der Waals surface area (Å²) >= 11 is 7.00. The Morgan fingerprint density at radius 3 is 2.55 bits per heavy atom. The number of aromatic amines is 1. The van der Waals surface area contributed by atoms with Crippen molar-refractivity contribution in [1.82, 2.24) is 9.97 Å². The topological polar surface area (TPSA) is 45.8 Å². The lowest BCUT2D eigenvalue weighted by molar-refractivity contribution is 1.12. The molecule has 2 heterocycles. The molecule has 1 N–H and O–H groups in total. The summed E-state index contributed by atoms with van der Waals surface area (Å²) in [5.41, 5.74) is 1.55. The lowest BCUT2D eigenvalue weighted by Crippen LogP contribution is -2.14. The van der Waals surface area contributed by atoms with Gasteiger partial charge in [-0.1, -0.05) is 30.3 Å². The summed E-state index contributed by atoms with van der Waals surface area (Å²) in [5.74, 6) is 0.602. The first-order valence-corrected chi connectivity index (χ1v) is 8.45. The first-order chi connectivity index (χ1) is 9.65. The summed E-state index contributed by atoms with van der Waals surface area (Å²) in [7, 11) is 0. The van der Waals surface area contributed by atoms with E-state index >= 15 is 0 Å². The van der Waals surface area contributed by atoms with Crippen LogP contribution in [0.25, 0.3) is 22.0 Å². The molecule has 0 unspecified atom stereocenters. The van der Waals surface area contributed by atoms with E-state index in [1.54, 1.807) is 11.3 Å². The first-order valence-electron chi connectivity index (χ1n) is 5.76. The van der Waals surface area contributed by atoms with Crippen LogP contribution in [0, 0.1) is 3.57 Å². The number of H-pyrrole nitrogens is 1. The van der Waals surface area contributed by atoms with Gasteiger partial charge in [0.1, 0.15) is 3.57 Å². The lowest BCUT2D eigenvalue weighted by Gasteiger charge is -2.05. The normalized spacial score (nSPS) is 10.7. The number of halogens is 2. The maximum absolute atomic E-state index is 12.1. The Labute approximate surface area is 141 Å². The minimum Gasteiger partial charge on any atom is -0.305 e. The molecule has 100 valence electrons. The third-order valence-corrected chi connectivity index (χ3v) is 5.35. The zero-order valence-corrected chi connectivity index (χ0v) is 14.6. The molecular weight excluding hydrogens is 451 g/mol. The van der Waals surface area contributed by atoms with Gasteiger partial charge in [0.25, 0.3) is 5.56 Å². The van der Waals surface area contributed by atoms with Crippen LogP contribution in [0.4, 0.5) is 0 Å². The van der Waals surface area contributed by atoms with Gasteiger partial charge in [-0.25, -0.2) is 4.98 Å². The predicted octanol–water partition coefficient (Wildman–Crippen LogP) is 4.53. The molecule has 0 saturated heterocycles. The minimum absolute atomic E-state index is 0.112. The van der Waals surface area contributed by atoms with Crippen LogP contribution in [-0.2, 0) is 0 Å². The fourth-order valence-electron chi connectivity index (χ4n) is 1.80. The van der Waals surface area contributed by atoms with Crippen molar-refractivity contribution in [2.24, 2.45) is 0 Å². The zero-order valence-electron chi connectivity index (χ0n) is 10.1. The maximum atomic E-state index is 12.1. The van der Waals surface area contributed by atoms with Crippen LogP contribution < -0.4 is 5.56 Å². The fourth-order valence-corrected chi connectivity index (χ4v) is 3.70. The van der Waals surface area contributed by atoms with Gasteiger partial charge < -0.3 is 4.98 Å². The van der Waals surface area contributed by atoms with Gasteiger partial charge in [-0.15, -0.1) is 11.3 Å². The Hall–Kier alpha value is -0.990. The molecule has 3 nitrogen and oxygen atoms in total. The highest BCUT2D eigenvalue weighted by Crippen LogP contribution is 2.30. The van der Waals surface area contributed by atoms with Crippen LogP contribution in [0.15, 0.2) is 51.0 Å². The van der Waals surface area contributed by atoms with Gasteiger partial charge in [0.15, 0.2) is 5.82 Å². The van der Waals surface area contributed by atoms with Crippen LogP contribution >= 0.6 is 49.9 Å². The molecule has 0 radical (unpaired) electrons. The van der Waals surface area contributed by atoms with Gasteiger partial charge in [-0.3, -0.25) is 4.79 Å². The number of hydrogen-bond donors (Lipinski definition) is 1. The molecule has 0 fully saturated rings. The third kappa shape index (κ3) is 2.72. The number of aromatic nitrogens is 2. The van der Waals surface area contributed by atoms with Crippen LogP contribution in [0.3, 0.4) is 0 Å². The number of benzene rings is 1. The van der Waals surface area contributed by atoms with E-state index in [9.17, 15) is 4.79 Å². The molecular formula is C14H8BrIN2OS. The molecule has 0 aliphatic heterocycles. The molecule has 2 aromatic heterocycles. The van der Waals surface area contributed by atoms with Crippen molar-refractivity contribution in [3.63, 3.8) is 0 Å². The molecule has 0 spiro atoms. The number of hydrogen-bond acceptors (Lipinski definition) is 3. The van der Waals surface area contributed by atoms with E-state index in [2.05, 4.69) is 25.9 Å². The summed E-state index contributed by atoms with van der Waals surface area (Å²) in [6, 6.07) is 13.6. The average Bonchev–Trinajstić information content (AvgIpc) is 2.89.